The zero-order chi connectivity index (χ0) is 18.0. The number of likely N-dealkylation sites (tertiary alicyclic amines) is 1. The summed E-state index contributed by atoms with van der Waals surface area (Å²) >= 11 is 0. The molecule has 3 rings (SSSR count). The van der Waals surface area contributed by atoms with Gasteiger partial charge >= 0.3 is 6.18 Å². The summed E-state index contributed by atoms with van der Waals surface area (Å²) in [5.74, 6) is -0.651. The van der Waals surface area contributed by atoms with Crippen LogP contribution < -0.4 is 5.32 Å². The average molecular weight is 392 g/mol. The number of piperidine rings is 1. The number of carbonyl (C=O) groups excluding carboxylic acids is 2. The first-order valence-corrected chi connectivity index (χ1v) is 8.33. The van der Waals surface area contributed by atoms with E-state index >= 15 is 0 Å². The molecule has 1 N–H and O–H groups in total. The van der Waals surface area contributed by atoms with Gasteiger partial charge in [-0.05, 0) is 25.0 Å². The third-order valence-corrected chi connectivity index (χ3v) is 4.71. The van der Waals surface area contributed by atoms with Crippen molar-refractivity contribution in [2.45, 2.75) is 25.1 Å². The van der Waals surface area contributed by atoms with Gasteiger partial charge in [0.25, 0.3) is 5.91 Å². The van der Waals surface area contributed by atoms with E-state index in [0.29, 0.717) is 26.1 Å². The highest BCUT2D eigenvalue weighted by Gasteiger charge is 2.37. The molecule has 144 valence electrons. The van der Waals surface area contributed by atoms with Gasteiger partial charge in [-0.25, -0.2) is 0 Å². The van der Waals surface area contributed by atoms with E-state index in [-0.39, 0.29) is 43.0 Å². The van der Waals surface area contributed by atoms with E-state index in [1.54, 1.807) is 4.90 Å². The van der Waals surface area contributed by atoms with Gasteiger partial charge in [0.2, 0.25) is 5.91 Å². The molecule has 0 bridgehead atoms. The topological polar surface area (TPSA) is 52.7 Å². The van der Waals surface area contributed by atoms with Gasteiger partial charge in [0.05, 0.1) is 17.7 Å². The Morgan fingerprint density at radius 3 is 2.62 bits per heavy atom. The second kappa shape index (κ2) is 8.26. The molecule has 1 aromatic carbocycles. The molecule has 2 saturated heterocycles. The lowest BCUT2D eigenvalue weighted by atomic mass is 10.00. The van der Waals surface area contributed by atoms with Crippen molar-refractivity contribution in [2.75, 3.05) is 32.7 Å². The molecule has 9 heteroatoms. The van der Waals surface area contributed by atoms with E-state index < -0.39 is 17.6 Å². The molecule has 2 amide bonds. The largest absolute Gasteiger partial charge is 0.417 e. The Labute approximate surface area is 155 Å². The number of hydrogen-bond acceptors (Lipinski definition) is 3. The Balaban J connectivity index is 0.00000243. The predicted octanol–water partition coefficient (Wildman–Crippen LogP) is 2.16. The number of halogens is 4. The maximum atomic E-state index is 13.2. The van der Waals surface area contributed by atoms with Gasteiger partial charge in [-0.1, -0.05) is 12.1 Å². The third kappa shape index (κ3) is 4.29. The number of nitrogens with one attached hydrogen (secondary N) is 1. The molecular weight excluding hydrogens is 371 g/mol. The normalized spacial score (nSPS) is 21.3. The Morgan fingerprint density at radius 2 is 1.92 bits per heavy atom. The first kappa shape index (κ1) is 20.5. The van der Waals surface area contributed by atoms with Gasteiger partial charge < -0.3 is 15.1 Å². The number of benzene rings is 1. The van der Waals surface area contributed by atoms with Crippen molar-refractivity contribution in [3.8, 4) is 0 Å². The van der Waals surface area contributed by atoms with Crippen LogP contribution in [0.15, 0.2) is 24.3 Å². The quantitative estimate of drug-likeness (QED) is 0.840. The van der Waals surface area contributed by atoms with Crippen LogP contribution in [0.3, 0.4) is 0 Å². The third-order valence-electron chi connectivity index (χ3n) is 4.71. The van der Waals surface area contributed by atoms with E-state index in [0.717, 1.165) is 12.5 Å². The van der Waals surface area contributed by atoms with Crippen LogP contribution in [-0.4, -0.2) is 60.4 Å². The molecule has 0 aromatic heterocycles. The molecule has 2 aliphatic heterocycles. The van der Waals surface area contributed by atoms with Crippen LogP contribution in [0.1, 0.15) is 28.8 Å². The van der Waals surface area contributed by atoms with E-state index in [9.17, 15) is 22.8 Å². The van der Waals surface area contributed by atoms with Gasteiger partial charge in [-0.3, -0.25) is 9.59 Å². The molecule has 2 fully saturated rings. The Morgan fingerprint density at radius 1 is 1.19 bits per heavy atom. The first-order valence-electron chi connectivity index (χ1n) is 8.33. The summed E-state index contributed by atoms with van der Waals surface area (Å²) < 4.78 is 39.5. The van der Waals surface area contributed by atoms with E-state index in [1.165, 1.54) is 23.1 Å². The van der Waals surface area contributed by atoms with Crippen molar-refractivity contribution in [2.24, 2.45) is 0 Å². The van der Waals surface area contributed by atoms with Crippen molar-refractivity contribution in [1.82, 2.24) is 15.1 Å². The first-order chi connectivity index (χ1) is 11.9. The summed E-state index contributed by atoms with van der Waals surface area (Å²) in [5, 5.41) is 2.99. The lowest BCUT2D eigenvalue weighted by Gasteiger charge is -2.41. The molecule has 1 unspecified atom stereocenters. The summed E-state index contributed by atoms with van der Waals surface area (Å²) in [6.07, 6.45) is -3.14. The average Bonchev–Trinajstić information content (AvgIpc) is 2.61. The summed E-state index contributed by atoms with van der Waals surface area (Å²) in [7, 11) is 0. The summed E-state index contributed by atoms with van der Waals surface area (Å²) in [4.78, 5) is 27.9. The minimum atomic E-state index is -4.57. The van der Waals surface area contributed by atoms with Crippen LogP contribution in [-0.2, 0) is 11.0 Å². The number of hydrogen-bond donors (Lipinski definition) is 1. The Hall–Kier alpha value is -1.80. The number of nitrogens with zero attached hydrogens (tertiary/aromatic N) is 2. The second-order valence-electron chi connectivity index (χ2n) is 6.35. The molecular formula is C17H21ClF3N3O2. The van der Waals surface area contributed by atoms with E-state index in [1.807, 2.05) is 0 Å². The highest BCUT2D eigenvalue weighted by molar-refractivity contribution is 5.96. The highest BCUT2D eigenvalue weighted by atomic mass is 35.5. The number of carbonyl (C=O) groups is 2. The molecule has 0 spiro atoms. The van der Waals surface area contributed by atoms with Gasteiger partial charge in [-0.15, -0.1) is 12.4 Å². The SMILES string of the molecule is Cl.O=C(c1ccccc1C(F)(F)F)N1CCCC(N2CCNCC2=O)C1. The fraction of sp³-hybridized carbons (Fsp3) is 0.529. The number of piperazine rings is 1. The summed E-state index contributed by atoms with van der Waals surface area (Å²) in [6.45, 7) is 2.19. The monoisotopic (exact) mass is 391 g/mol. The number of alkyl halides is 3. The van der Waals surface area contributed by atoms with Gasteiger partial charge in [0, 0.05) is 32.2 Å². The fourth-order valence-electron chi connectivity index (χ4n) is 3.49. The predicted molar refractivity (Wildman–Crippen MR) is 92.2 cm³/mol. The standard InChI is InChI=1S/C17H20F3N3O2.ClH/c18-17(19,20)14-6-2-1-5-13(14)16(25)22-8-3-4-12(11-22)23-9-7-21-10-15(23)24;/h1-2,5-6,12,21H,3-4,7-11H2;1H. The highest BCUT2D eigenvalue weighted by Crippen LogP contribution is 2.33. The maximum Gasteiger partial charge on any atom is 0.417 e. The smallest absolute Gasteiger partial charge is 0.337 e. The summed E-state index contributed by atoms with van der Waals surface area (Å²) in [6, 6.07) is 4.71. The molecule has 2 heterocycles. The zero-order valence-corrected chi connectivity index (χ0v) is 14.9. The van der Waals surface area contributed by atoms with Crippen LogP contribution in [0.2, 0.25) is 0 Å². The van der Waals surface area contributed by atoms with Crippen LogP contribution >= 0.6 is 12.4 Å². The molecule has 1 aromatic rings. The van der Waals surface area contributed by atoms with Crippen LogP contribution in [0.25, 0.3) is 0 Å². The Kier molecular flexibility index (Phi) is 6.52. The van der Waals surface area contributed by atoms with E-state index in [2.05, 4.69) is 5.32 Å². The summed E-state index contributed by atoms with van der Waals surface area (Å²) in [5.41, 5.74) is -1.25. The minimum Gasteiger partial charge on any atom is -0.337 e. The van der Waals surface area contributed by atoms with Gasteiger partial charge in [-0.2, -0.15) is 13.2 Å². The molecule has 1 atom stereocenters. The van der Waals surface area contributed by atoms with Crippen molar-refractivity contribution in [1.29, 1.82) is 0 Å². The van der Waals surface area contributed by atoms with Crippen LogP contribution in [0.4, 0.5) is 13.2 Å². The molecule has 26 heavy (non-hydrogen) atoms. The van der Waals surface area contributed by atoms with Crippen molar-refractivity contribution in [3.05, 3.63) is 35.4 Å². The number of rotatable bonds is 2. The fourth-order valence-corrected chi connectivity index (χ4v) is 3.49. The van der Waals surface area contributed by atoms with Crippen LogP contribution in [0, 0.1) is 0 Å². The molecule has 0 saturated carbocycles. The number of amides is 2. The minimum absolute atomic E-state index is 0. The maximum absolute atomic E-state index is 13.2. The van der Waals surface area contributed by atoms with Crippen molar-refractivity contribution < 1.29 is 22.8 Å². The zero-order valence-electron chi connectivity index (χ0n) is 14.1. The lowest BCUT2D eigenvalue weighted by molar-refractivity contribution is -0.138. The molecule has 2 aliphatic rings. The van der Waals surface area contributed by atoms with E-state index in [4.69, 9.17) is 0 Å². The molecule has 0 radical (unpaired) electrons. The van der Waals surface area contributed by atoms with Gasteiger partial charge in [0.1, 0.15) is 0 Å². The Bertz CT molecular complexity index is 669. The lowest BCUT2D eigenvalue weighted by Crippen LogP contribution is -2.57. The molecule has 0 aliphatic carbocycles. The second-order valence-corrected chi connectivity index (χ2v) is 6.35. The van der Waals surface area contributed by atoms with Gasteiger partial charge in [0.15, 0.2) is 0 Å². The van der Waals surface area contributed by atoms with Crippen LogP contribution in [0.5, 0.6) is 0 Å². The molecule has 5 nitrogen and oxygen atoms in total. The van der Waals surface area contributed by atoms with Crippen molar-refractivity contribution in [3.63, 3.8) is 0 Å². The van der Waals surface area contributed by atoms with Crippen molar-refractivity contribution >= 4 is 24.2 Å².